The third-order valence-corrected chi connectivity index (χ3v) is 16.3. The number of nitrogens with one attached hydrogen (secondary N) is 3. The first-order chi connectivity index (χ1) is 39.0. The number of nitrogens with zero attached hydrogens (tertiary/aromatic N) is 3. The Morgan fingerprint density at radius 2 is 0.815 bits per heavy atom. The van der Waals surface area contributed by atoms with Crippen LogP contribution in [0.5, 0.6) is 0 Å². The summed E-state index contributed by atoms with van der Waals surface area (Å²) in [7, 11) is 0. The van der Waals surface area contributed by atoms with Gasteiger partial charge in [0.2, 0.25) is 0 Å². The number of carboxylic acid groups (broad SMARTS) is 3. The van der Waals surface area contributed by atoms with Gasteiger partial charge in [0.05, 0.1) is 43.4 Å². The quantitative estimate of drug-likeness (QED) is 0.0443. The van der Waals surface area contributed by atoms with Gasteiger partial charge in [-0.1, -0.05) is 191 Å². The van der Waals surface area contributed by atoms with Crippen LogP contribution in [0, 0.1) is 0 Å². The molecule has 3 unspecified atom stereocenters. The van der Waals surface area contributed by atoms with Gasteiger partial charge in [-0.3, -0.25) is 28.8 Å². The molecule has 6 N–H and O–H groups in total. The third-order valence-electron chi connectivity index (χ3n) is 11.7. The Morgan fingerprint density at radius 1 is 0.444 bits per heavy atom. The summed E-state index contributed by atoms with van der Waals surface area (Å²) >= 11 is 34.5. The zero-order valence-electron chi connectivity index (χ0n) is 42.0. The molecule has 0 fully saturated rings. The maximum atomic E-state index is 12.6. The van der Waals surface area contributed by atoms with Crippen LogP contribution in [0.3, 0.4) is 0 Å². The number of aliphatic carboxylic acids is 3. The number of halogens is 5. The van der Waals surface area contributed by atoms with E-state index < -0.39 is 53.5 Å². The molecule has 0 aliphatic rings. The number of carboxylic acids is 3. The fourth-order valence-corrected chi connectivity index (χ4v) is 11.3. The first-order valence-corrected chi connectivity index (χ1v) is 28.7. The second-order valence-corrected chi connectivity index (χ2v) is 21.8. The Labute approximate surface area is 501 Å². The topological polar surface area (TPSA) is 238 Å². The number of hydrogen-bond donors (Lipinski definition) is 6. The lowest BCUT2D eigenvalue weighted by molar-refractivity contribution is -0.139. The van der Waals surface area contributed by atoms with Gasteiger partial charge in [0.15, 0.2) is 0 Å². The van der Waals surface area contributed by atoms with Crippen molar-refractivity contribution in [3.63, 3.8) is 0 Å². The lowest BCUT2D eigenvalue weighted by atomic mass is 9.99. The molecule has 0 aliphatic carbocycles. The van der Waals surface area contributed by atoms with Crippen LogP contribution in [-0.2, 0) is 20.8 Å². The van der Waals surface area contributed by atoms with Crippen LogP contribution in [0.2, 0.25) is 25.1 Å². The van der Waals surface area contributed by atoms with Crippen molar-refractivity contribution in [2.75, 3.05) is 13.1 Å². The Morgan fingerprint density at radius 3 is 1.23 bits per heavy atom. The van der Waals surface area contributed by atoms with Crippen molar-refractivity contribution in [1.82, 2.24) is 30.9 Å². The van der Waals surface area contributed by atoms with Crippen molar-refractivity contribution < 1.29 is 44.1 Å². The van der Waals surface area contributed by atoms with E-state index >= 15 is 0 Å². The summed E-state index contributed by atoms with van der Waals surface area (Å²) in [5, 5.41) is 44.8. The van der Waals surface area contributed by atoms with E-state index in [2.05, 4.69) is 30.9 Å². The molecule has 0 bridgehead atoms. The summed E-state index contributed by atoms with van der Waals surface area (Å²) in [5.41, 5.74) is 4.88. The first-order valence-electron chi connectivity index (χ1n) is 24.2. The summed E-state index contributed by atoms with van der Waals surface area (Å²) in [6.45, 7) is -0.0555. The lowest BCUT2D eigenvalue weighted by Gasteiger charge is -2.16. The highest BCUT2D eigenvalue weighted by atomic mass is 35.5. The highest BCUT2D eigenvalue weighted by Crippen LogP contribution is 2.37. The Bertz CT molecular complexity index is 3650. The maximum absolute atomic E-state index is 12.6. The lowest BCUT2D eigenvalue weighted by Crippen LogP contribution is -2.38. The number of carbonyl (C=O) groups excluding carboxylic acids is 3. The van der Waals surface area contributed by atoms with Crippen LogP contribution < -0.4 is 16.0 Å². The van der Waals surface area contributed by atoms with Crippen LogP contribution in [0.1, 0.15) is 66.4 Å². The van der Waals surface area contributed by atoms with Gasteiger partial charge >= 0.3 is 17.9 Å². The van der Waals surface area contributed by atoms with Crippen LogP contribution in [0.15, 0.2) is 168 Å². The van der Waals surface area contributed by atoms with Crippen LogP contribution in [0.25, 0.3) is 31.7 Å². The zero-order valence-corrected chi connectivity index (χ0v) is 48.2. The Balaban J connectivity index is 0.000000175. The molecular weight excluding hydrogens is 1200 g/mol. The summed E-state index contributed by atoms with van der Waals surface area (Å²) in [4.78, 5) is 84.5. The van der Waals surface area contributed by atoms with E-state index in [9.17, 15) is 39.0 Å². The average molecular weight is 1240 g/mol. The molecule has 23 heteroatoms. The van der Waals surface area contributed by atoms with Gasteiger partial charge in [0.25, 0.3) is 17.7 Å². The zero-order chi connectivity index (χ0) is 58.0. The minimum absolute atomic E-state index is 0.0167. The molecule has 9 rings (SSSR count). The average Bonchev–Trinajstić information content (AvgIpc) is 4.31. The number of amides is 3. The fourth-order valence-electron chi connectivity index (χ4n) is 7.66. The van der Waals surface area contributed by atoms with E-state index in [1.165, 1.54) is 34.0 Å². The molecule has 0 saturated carbocycles. The van der Waals surface area contributed by atoms with E-state index in [-0.39, 0.29) is 36.6 Å². The molecule has 3 heterocycles. The maximum Gasteiger partial charge on any atom is 0.312 e. The van der Waals surface area contributed by atoms with E-state index in [1.54, 1.807) is 113 Å². The van der Waals surface area contributed by atoms with Crippen molar-refractivity contribution in [3.8, 4) is 31.7 Å². The predicted molar refractivity (Wildman–Crippen MR) is 320 cm³/mol. The molecule has 0 aliphatic heterocycles. The number of carbonyl (C=O) groups is 6. The second kappa shape index (κ2) is 29.8. The number of thiazole rings is 3. The van der Waals surface area contributed by atoms with E-state index in [0.717, 1.165) is 11.1 Å². The molecule has 9 aromatic rings. The number of hydrogen-bond acceptors (Lipinski definition) is 12. The highest BCUT2D eigenvalue weighted by molar-refractivity contribution is 7.14. The molecule has 6 aromatic carbocycles. The summed E-state index contributed by atoms with van der Waals surface area (Å²) < 4.78 is 0. The van der Waals surface area contributed by atoms with Crippen molar-refractivity contribution in [1.29, 1.82) is 0 Å². The Hall–Kier alpha value is -7.52. The molecule has 81 heavy (non-hydrogen) atoms. The van der Waals surface area contributed by atoms with Gasteiger partial charge in [-0.25, -0.2) is 15.0 Å². The van der Waals surface area contributed by atoms with Crippen molar-refractivity contribution in [2.24, 2.45) is 0 Å². The molecule has 0 spiro atoms. The van der Waals surface area contributed by atoms with Crippen molar-refractivity contribution in [2.45, 2.75) is 30.7 Å². The Kier molecular flexibility index (Phi) is 22.5. The van der Waals surface area contributed by atoms with Gasteiger partial charge in [-0.2, -0.15) is 0 Å². The molecule has 414 valence electrons. The normalized spacial score (nSPS) is 11.8. The first kappa shape index (κ1) is 61.1. The van der Waals surface area contributed by atoms with Gasteiger partial charge in [0, 0.05) is 52.0 Å². The van der Waals surface area contributed by atoms with E-state index in [4.69, 9.17) is 63.1 Å². The fraction of sp³-hybridized carbons (Fsp3) is 0.121. The van der Waals surface area contributed by atoms with E-state index in [1.807, 2.05) is 54.6 Å². The number of aromatic nitrogens is 3. The molecule has 3 amide bonds. The van der Waals surface area contributed by atoms with Gasteiger partial charge < -0.3 is 31.3 Å². The molecule has 0 radical (unpaired) electrons. The number of benzene rings is 6. The standard InChI is InChI=1S/C20H16Cl2N2O3S.C19H14Cl2N2O3S.C19H15ClN2O3S/c21-15-8-4-7-14(18(15)22)20-24-16(11-28-20)19(27)23-13(10-17(25)26)9-12-5-2-1-3-6-12;20-14-8-4-7-12(16(14)21)18-23-15(10-27-18)17(24)22-9-13(19(25)26)11-5-2-1-3-6-11;20-15-9-5-4-8-13(15)18-22-16(11-26-18)17(23)21-10-14(19(24)25)12-6-2-1-3-7-12/h1-8,11,13H,9-10H2,(H,23,27)(H,25,26);1-8,10,13H,9H2,(H,22,24)(H,25,26);1-9,11,14H,10H2,(H,21,23)(H,24,25). The largest absolute Gasteiger partial charge is 0.481 e. The summed E-state index contributed by atoms with van der Waals surface area (Å²) in [6.07, 6.45) is 0.230. The molecule has 3 atom stereocenters. The van der Waals surface area contributed by atoms with Crippen molar-refractivity contribution in [3.05, 3.63) is 227 Å². The van der Waals surface area contributed by atoms with Crippen LogP contribution >= 0.6 is 92.0 Å². The van der Waals surface area contributed by atoms with Crippen LogP contribution in [0.4, 0.5) is 0 Å². The minimum atomic E-state index is -1.01. The summed E-state index contributed by atoms with van der Waals surface area (Å²) in [5.74, 6) is -5.93. The third kappa shape index (κ3) is 17.2. The molecule has 0 saturated heterocycles. The SMILES string of the molecule is O=C(NCC(C(=O)O)c1ccccc1)c1csc(-c2cccc(Cl)c2Cl)n1.O=C(NCC(C(=O)O)c1ccccc1)c1csc(-c2ccccc2Cl)n1.O=C(O)CC(Cc1ccccc1)NC(=O)c1csc(-c2cccc(Cl)c2Cl)n1. The minimum Gasteiger partial charge on any atom is -0.481 e. The summed E-state index contributed by atoms with van der Waals surface area (Å²) in [6, 6.07) is 44.1. The van der Waals surface area contributed by atoms with Gasteiger partial charge in [0.1, 0.15) is 32.1 Å². The monoisotopic (exact) mass is 1240 g/mol. The number of rotatable bonds is 19. The highest BCUT2D eigenvalue weighted by Gasteiger charge is 2.25. The predicted octanol–water partition coefficient (Wildman–Crippen LogP) is 13.7. The smallest absolute Gasteiger partial charge is 0.312 e. The van der Waals surface area contributed by atoms with Gasteiger partial charge in [-0.05, 0) is 41.3 Å². The molecular formula is C58H45Cl5N6O9S3. The molecule has 3 aromatic heterocycles. The second-order valence-electron chi connectivity index (χ2n) is 17.3. The van der Waals surface area contributed by atoms with Crippen molar-refractivity contribution >= 4 is 128 Å². The van der Waals surface area contributed by atoms with E-state index in [0.29, 0.717) is 68.8 Å². The molecule has 15 nitrogen and oxygen atoms in total. The van der Waals surface area contributed by atoms with Crippen LogP contribution in [-0.4, -0.2) is 85.0 Å². The van der Waals surface area contributed by atoms with Gasteiger partial charge in [-0.15, -0.1) is 34.0 Å².